The van der Waals surface area contributed by atoms with Crippen molar-refractivity contribution in [2.75, 3.05) is 6.26 Å². The van der Waals surface area contributed by atoms with Crippen LogP contribution < -0.4 is 5.32 Å². The molecule has 1 aliphatic rings. The number of benzene rings is 2. The van der Waals surface area contributed by atoms with E-state index in [1.54, 1.807) is 11.8 Å². The molecule has 108 valence electrons. The molecular formula is C19H16N2S. The van der Waals surface area contributed by atoms with Crippen molar-refractivity contribution in [2.24, 2.45) is 0 Å². The van der Waals surface area contributed by atoms with Gasteiger partial charge in [-0.25, -0.2) is 0 Å². The molecule has 0 saturated carbocycles. The van der Waals surface area contributed by atoms with Crippen molar-refractivity contribution >= 4 is 17.5 Å². The lowest BCUT2D eigenvalue weighted by Crippen LogP contribution is -2.20. The van der Waals surface area contributed by atoms with Crippen molar-refractivity contribution in [3.05, 3.63) is 88.5 Å². The monoisotopic (exact) mass is 304 g/mol. The standard InChI is InChI=1S/C19H16N2S/c1-22-19-17(13-20)16(14-8-4-2-5-9-14)12-18(21-19)15-10-6-3-7-11-15/h2-12,16,21H,1H3. The minimum atomic E-state index is -0.00916. The van der Waals surface area contributed by atoms with Crippen molar-refractivity contribution in [2.45, 2.75) is 5.92 Å². The zero-order chi connectivity index (χ0) is 15.4. The third-order valence-corrected chi connectivity index (χ3v) is 4.44. The molecule has 1 N–H and O–H groups in total. The second-order valence-corrected chi connectivity index (χ2v) is 5.83. The average Bonchev–Trinajstić information content (AvgIpc) is 2.62. The Morgan fingerprint density at radius 1 is 1.00 bits per heavy atom. The topological polar surface area (TPSA) is 35.8 Å². The lowest BCUT2D eigenvalue weighted by atomic mass is 9.88. The maximum atomic E-state index is 9.59. The third-order valence-electron chi connectivity index (χ3n) is 3.71. The second-order valence-electron chi connectivity index (χ2n) is 5.02. The van der Waals surface area contributed by atoms with Gasteiger partial charge in [-0.1, -0.05) is 60.7 Å². The molecule has 0 bridgehead atoms. The van der Waals surface area contributed by atoms with Gasteiger partial charge in [-0.05, 0) is 23.5 Å². The fourth-order valence-corrected chi connectivity index (χ4v) is 3.22. The summed E-state index contributed by atoms with van der Waals surface area (Å²) in [5.41, 5.74) is 4.10. The zero-order valence-electron chi connectivity index (χ0n) is 12.3. The van der Waals surface area contributed by atoms with Gasteiger partial charge in [-0.3, -0.25) is 0 Å². The van der Waals surface area contributed by atoms with E-state index in [-0.39, 0.29) is 5.92 Å². The lowest BCUT2D eigenvalue weighted by molar-refractivity contribution is 0.953. The van der Waals surface area contributed by atoms with Gasteiger partial charge < -0.3 is 5.32 Å². The number of nitrogens with one attached hydrogen (secondary N) is 1. The Morgan fingerprint density at radius 2 is 1.64 bits per heavy atom. The smallest absolute Gasteiger partial charge is 0.0984 e. The quantitative estimate of drug-likeness (QED) is 0.906. The van der Waals surface area contributed by atoms with Crippen LogP contribution in [0.4, 0.5) is 0 Å². The van der Waals surface area contributed by atoms with Crippen molar-refractivity contribution in [3.63, 3.8) is 0 Å². The summed E-state index contributed by atoms with van der Waals surface area (Å²) in [5, 5.41) is 13.9. The van der Waals surface area contributed by atoms with Gasteiger partial charge in [0, 0.05) is 11.6 Å². The predicted octanol–water partition coefficient (Wildman–Crippen LogP) is 4.51. The van der Waals surface area contributed by atoms with Crippen molar-refractivity contribution in [1.82, 2.24) is 5.32 Å². The molecule has 1 unspecified atom stereocenters. The highest BCUT2D eigenvalue weighted by molar-refractivity contribution is 8.02. The highest BCUT2D eigenvalue weighted by atomic mass is 32.2. The van der Waals surface area contributed by atoms with E-state index in [1.165, 1.54) is 0 Å². The summed E-state index contributed by atoms with van der Waals surface area (Å²) < 4.78 is 0. The summed E-state index contributed by atoms with van der Waals surface area (Å²) in [7, 11) is 0. The molecule has 0 aliphatic carbocycles. The number of dihydropyridines is 1. The Balaban J connectivity index is 2.09. The van der Waals surface area contributed by atoms with Gasteiger partial charge in [0.2, 0.25) is 0 Å². The van der Waals surface area contributed by atoms with Gasteiger partial charge >= 0.3 is 0 Å². The van der Waals surface area contributed by atoms with E-state index in [9.17, 15) is 5.26 Å². The Kier molecular flexibility index (Phi) is 4.32. The molecule has 0 amide bonds. The van der Waals surface area contributed by atoms with E-state index < -0.39 is 0 Å². The highest BCUT2D eigenvalue weighted by Gasteiger charge is 2.24. The number of rotatable bonds is 3. The Bertz CT molecular complexity index is 755. The SMILES string of the molecule is CSC1=C(C#N)C(c2ccccc2)C=C(c2ccccc2)N1. The normalized spacial score (nSPS) is 17.5. The number of thioether (sulfide) groups is 1. The van der Waals surface area contributed by atoms with Crippen LogP contribution in [0, 0.1) is 11.3 Å². The summed E-state index contributed by atoms with van der Waals surface area (Å²) in [5.74, 6) is -0.00916. The molecule has 2 aromatic rings. The summed E-state index contributed by atoms with van der Waals surface area (Å²) in [6.45, 7) is 0. The first kappa shape index (κ1) is 14.5. The van der Waals surface area contributed by atoms with E-state index in [0.29, 0.717) is 0 Å². The van der Waals surface area contributed by atoms with Crippen LogP contribution in [0.3, 0.4) is 0 Å². The molecular weight excluding hydrogens is 288 g/mol. The first-order valence-electron chi connectivity index (χ1n) is 7.11. The van der Waals surface area contributed by atoms with Crippen LogP contribution in [0.2, 0.25) is 0 Å². The third kappa shape index (κ3) is 2.79. The fraction of sp³-hybridized carbons (Fsp3) is 0.105. The maximum absolute atomic E-state index is 9.59. The Hall–Kier alpha value is -2.44. The van der Waals surface area contributed by atoms with Gasteiger partial charge in [-0.2, -0.15) is 5.26 Å². The van der Waals surface area contributed by atoms with Crippen LogP contribution in [0.15, 0.2) is 77.3 Å². The molecule has 3 rings (SSSR count). The molecule has 2 aromatic carbocycles. The summed E-state index contributed by atoms with van der Waals surface area (Å²) in [4.78, 5) is 0. The molecule has 2 nitrogen and oxygen atoms in total. The molecule has 1 atom stereocenters. The number of nitriles is 1. The molecule has 3 heteroatoms. The molecule has 22 heavy (non-hydrogen) atoms. The number of hydrogen-bond acceptors (Lipinski definition) is 3. The largest absolute Gasteiger partial charge is 0.349 e. The van der Waals surface area contributed by atoms with E-state index in [4.69, 9.17) is 0 Å². The van der Waals surface area contributed by atoms with Gasteiger partial charge in [0.05, 0.1) is 16.7 Å². The number of nitrogens with zero attached hydrogens (tertiary/aromatic N) is 1. The summed E-state index contributed by atoms with van der Waals surface area (Å²) in [6, 6.07) is 22.8. The number of hydrogen-bond donors (Lipinski definition) is 1. The van der Waals surface area contributed by atoms with Gasteiger partial charge in [0.15, 0.2) is 0 Å². The first-order chi connectivity index (χ1) is 10.8. The predicted molar refractivity (Wildman–Crippen MR) is 92.9 cm³/mol. The van der Waals surface area contributed by atoms with E-state index >= 15 is 0 Å². The van der Waals surface area contributed by atoms with E-state index in [0.717, 1.165) is 27.4 Å². The van der Waals surface area contributed by atoms with Gasteiger partial charge in [-0.15, -0.1) is 11.8 Å². The molecule has 0 fully saturated rings. The van der Waals surface area contributed by atoms with Gasteiger partial charge in [0.1, 0.15) is 0 Å². The van der Waals surface area contributed by atoms with Crippen LogP contribution in [0.25, 0.3) is 5.70 Å². The van der Waals surface area contributed by atoms with Crippen LogP contribution >= 0.6 is 11.8 Å². The highest BCUT2D eigenvalue weighted by Crippen LogP contribution is 2.36. The van der Waals surface area contributed by atoms with Crippen LogP contribution in [0.5, 0.6) is 0 Å². The Morgan fingerprint density at radius 3 is 2.23 bits per heavy atom. The van der Waals surface area contributed by atoms with Crippen LogP contribution in [-0.2, 0) is 0 Å². The second kappa shape index (κ2) is 6.55. The van der Waals surface area contributed by atoms with E-state index in [1.807, 2.05) is 42.7 Å². The van der Waals surface area contributed by atoms with Crippen molar-refractivity contribution in [1.29, 1.82) is 5.26 Å². The fourth-order valence-electron chi connectivity index (χ4n) is 2.61. The molecule has 0 aromatic heterocycles. The van der Waals surface area contributed by atoms with Crippen LogP contribution in [-0.4, -0.2) is 6.26 Å². The molecule has 1 aliphatic heterocycles. The van der Waals surface area contributed by atoms with E-state index in [2.05, 4.69) is 41.7 Å². The zero-order valence-corrected chi connectivity index (χ0v) is 13.1. The number of allylic oxidation sites excluding steroid dienone is 2. The van der Waals surface area contributed by atoms with Gasteiger partial charge in [0.25, 0.3) is 0 Å². The maximum Gasteiger partial charge on any atom is 0.0984 e. The average molecular weight is 304 g/mol. The van der Waals surface area contributed by atoms with Crippen molar-refractivity contribution < 1.29 is 0 Å². The first-order valence-corrected chi connectivity index (χ1v) is 8.33. The minimum Gasteiger partial charge on any atom is -0.349 e. The summed E-state index contributed by atoms with van der Waals surface area (Å²) >= 11 is 1.58. The molecule has 0 saturated heterocycles. The lowest BCUT2D eigenvalue weighted by Gasteiger charge is -2.25. The molecule has 0 spiro atoms. The molecule has 1 heterocycles. The minimum absolute atomic E-state index is 0.00916. The van der Waals surface area contributed by atoms with Crippen LogP contribution in [0.1, 0.15) is 17.0 Å². The summed E-state index contributed by atoms with van der Waals surface area (Å²) in [6.07, 6.45) is 4.14. The van der Waals surface area contributed by atoms with Crippen molar-refractivity contribution in [3.8, 4) is 6.07 Å². The Labute approximate surface area is 135 Å². The molecule has 0 radical (unpaired) electrons.